The molecule has 1 saturated heterocycles. The number of amides is 1. The highest BCUT2D eigenvalue weighted by molar-refractivity contribution is 7.89. The summed E-state index contributed by atoms with van der Waals surface area (Å²) in [7, 11) is -4.86. The fourth-order valence-corrected chi connectivity index (χ4v) is 3.90. The Hall–Kier alpha value is -1.32. The number of rotatable bonds is 3. The number of hydrogen-bond acceptors (Lipinski definition) is 4. The summed E-state index contributed by atoms with van der Waals surface area (Å²) in [6.07, 6.45) is 1.10. The molecule has 6 nitrogen and oxygen atoms in total. The highest BCUT2D eigenvalue weighted by Crippen LogP contribution is 2.16. The summed E-state index contributed by atoms with van der Waals surface area (Å²) in [5.74, 6) is -0.537. The Labute approximate surface area is 124 Å². The minimum Gasteiger partial charge on any atom is -0.349 e. The van der Waals surface area contributed by atoms with Crippen molar-refractivity contribution in [2.45, 2.75) is 23.8 Å². The summed E-state index contributed by atoms with van der Waals surface area (Å²) in [6.45, 7) is 0. The lowest BCUT2D eigenvalue weighted by atomic mass is 10.1. The van der Waals surface area contributed by atoms with Gasteiger partial charge in [-0.15, -0.1) is 0 Å². The van der Waals surface area contributed by atoms with Crippen molar-refractivity contribution in [3.63, 3.8) is 0 Å². The number of halogens is 1. The van der Waals surface area contributed by atoms with Crippen LogP contribution in [-0.2, 0) is 20.8 Å². The Kier molecular flexibility index (Phi) is 4.74. The van der Waals surface area contributed by atoms with Gasteiger partial charge in [0.05, 0.1) is 10.5 Å². The van der Waals surface area contributed by atoms with Crippen molar-refractivity contribution in [1.82, 2.24) is 5.32 Å². The second-order valence-corrected chi connectivity index (χ2v) is 8.04. The van der Waals surface area contributed by atoms with Crippen LogP contribution in [0.25, 0.3) is 0 Å². The lowest BCUT2D eigenvalue weighted by Gasteiger charge is -2.22. The summed E-state index contributed by atoms with van der Waals surface area (Å²) in [5.41, 5.74) is -0.367. The lowest BCUT2D eigenvalue weighted by molar-refractivity contribution is 0.0930. The third kappa shape index (κ3) is 4.08. The van der Waals surface area contributed by atoms with Gasteiger partial charge in [0.1, 0.15) is 5.82 Å². The maximum Gasteiger partial charge on any atom is 0.254 e. The SMILES string of the molecule is NS(=O)(=O)c1ccc(F)c(C(=O)NC2CCS(=O)CC2)c1. The summed E-state index contributed by atoms with van der Waals surface area (Å²) < 4.78 is 47.4. The van der Waals surface area contributed by atoms with Crippen molar-refractivity contribution in [1.29, 1.82) is 0 Å². The predicted molar refractivity (Wildman–Crippen MR) is 76.1 cm³/mol. The van der Waals surface area contributed by atoms with E-state index in [0.717, 1.165) is 18.2 Å². The summed E-state index contributed by atoms with van der Waals surface area (Å²) >= 11 is 0. The zero-order chi connectivity index (χ0) is 15.6. The Morgan fingerprint density at radius 3 is 2.52 bits per heavy atom. The molecule has 1 aromatic carbocycles. The second kappa shape index (κ2) is 6.20. The van der Waals surface area contributed by atoms with Gasteiger partial charge in [-0.05, 0) is 31.0 Å². The van der Waals surface area contributed by atoms with Crippen LogP contribution in [-0.4, -0.2) is 36.1 Å². The smallest absolute Gasteiger partial charge is 0.254 e. The van der Waals surface area contributed by atoms with Gasteiger partial charge in [-0.3, -0.25) is 9.00 Å². The minimum atomic E-state index is -4.00. The number of carbonyl (C=O) groups is 1. The number of carbonyl (C=O) groups excluding carboxylic acids is 1. The van der Waals surface area contributed by atoms with Crippen molar-refractivity contribution in [3.8, 4) is 0 Å². The fourth-order valence-electron chi connectivity index (χ4n) is 2.06. The van der Waals surface area contributed by atoms with Gasteiger partial charge in [0.2, 0.25) is 10.0 Å². The molecule has 0 spiro atoms. The van der Waals surface area contributed by atoms with E-state index in [9.17, 15) is 21.8 Å². The van der Waals surface area contributed by atoms with Crippen molar-refractivity contribution in [3.05, 3.63) is 29.6 Å². The summed E-state index contributed by atoms with van der Waals surface area (Å²) in [6, 6.07) is 2.63. The largest absolute Gasteiger partial charge is 0.349 e. The van der Waals surface area contributed by atoms with Crippen LogP contribution in [0.4, 0.5) is 4.39 Å². The Morgan fingerprint density at radius 1 is 1.33 bits per heavy atom. The zero-order valence-corrected chi connectivity index (χ0v) is 12.7. The highest BCUT2D eigenvalue weighted by atomic mass is 32.2. The molecule has 9 heteroatoms. The molecule has 1 aromatic rings. The van der Waals surface area contributed by atoms with Crippen LogP contribution < -0.4 is 10.5 Å². The third-order valence-electron chi connectivity index (χ3n) is 3.23. The molecule has 116 valence electrons. The molecular formula is C12H15FN2O4S2. The quantitative estimate of drug-likeness (QED) is 0.818. The van der Waals surface area contributed by atoms with Crippen molar-refractivity contribution in [2.75, 3.05) is 11.5 Å². The molecule has 0 radical (unpaired) electrons. The molecule has 0 saturated carbocycles. The molecule has 1 heterocycles. The first-order valence-electron chi connectivity index (χ1n) is 6.25. The van der Waals surface area contributed by atoms with Crippen LogP contribution in [0.1, 0.15) is 23.2 Å². The van der Waals surface area contributed by atoms with Crippen molar-refractivity contribution >= 4 is 26.7 Å². The molecule has 2 rings (SSSR count). The van der Waals surface area contributed by atoms with Crippen LogP contribution in [0.15, 0.2) is 23.1 Å². The molecule has 3 N–H and O–H groups in total. The summed E-state index contributed by atoms with van der Waals surface area (Å²) in [5, 5.41) is 7.59. The zero-order valence-electron chi connectivity index (χ0n) is 11.0. The lowest BCUT2D eigenvalue weighted by Crippen LogP contribution is -2.39. The van der Waals surface area contributed by atoms with E-state index in [2.05, 4.69) is 5.32 Å². The second-order valence-electron chi connectivity index (χ2n) is 4.78. The highest BCUT2D eigenvalue weighted by Gasteiger charge is 2.22. The first kappa shape index (κ1) is 16.1. The van der Waals surface area contributed by atoms with Crippen LogP contribution in [0.2, 0.25) is 0 Å². The van der Waals surface area contributed by atoms with E-state index in [1.165, 1.54) is 0 Å². The Balaban J connectivity index is 2.17. The first-order chi connectivity index (χ1) is 9.77. The first-order valence-corrected chi connectivity index (χ1v) is 9.29. The van der Waals surface area contributed by atoms with Crippen LogP contribution in [0.5, 0.6) is 0 Å². The molecule has 1 fully saturated rings. The van der Waals surface area contributed by atoms with E-state index in [0.29, 0.717) is 24.3 Å². The fraction of sp³-hybridized carbons (Fsp3) is 0.417. The van der Waals surface area contributed by atoms with Gasteiger partial charge >= 0.3 is 0 Å². The van der Waals surface area contributed by atoms with Crippen LogP contribution in [0.3, 0.4) is 0 Å². The van der Waals surface area contributed by atoms with Gasteiger partial charge in [-0.2, -0.15) is 0 Å². The van der Waals surface area contributed by atoms with Gasteiger partial charge < -0.3 is 5.32 Å². The summed E-state index contributed by atoms with van der Waals surface area (Å²) in [4.78, 5) is 11.7. The third-order valence-corrected chi connectivity index (χ3v) is 5.53. The molecule has 21 heavy (non-hydrogen) atoms. The van der Waals surface area contributed by atoms with Gasteiger partial charge in [-0.1, -0.05) is 0 Å². The number of nitrogens with one attached hydrogen (secondary N) is 1. The Morgan fingerprint density at radius 2 is 1.95 bits per heavy atom. The monoisotopic (exact) mass is 334 g/mol. The number of sulfonamides is 1. The molecule has 0 aliphatic carbocycles. The molecular weight excluding hydrogens is 319 g/mol. The molecule has 0 atom stereocenters. The van der Waals surface area contributed by atoms with E-state index in [1.807, 2.05) is 0 Å². The average molecular weight is 334 g/mol. The van der Waals surface area contributed by atoms with Crippen molar-refractivity contribution in [2.24, 2.45) is 5.14 Å². The van der Waals surface area contributed by atoms with Gasteiger partial charge in [0, 0.05) is 28.3 Å². The molecule has 1 aliphatic heterocycles. The topological polar surface area (TPSA) is 106 Å². The minimum absolute atomic E-state index is 0.187. The van der Waals surface area contributed by atoms with E-state index < -0.39 is 32.5 Å². The van der Waals surface area contributed by atoms with E-state index in [4.69, 9.17) is 5.14 Å². The number of benzene rings is 1. The maximum absolute atomic E-state index is 13.7. The number of primary sulfonamides is 1. The Bertz CT molecular complexity index is 680. The molecule has 0 aromatic heterocycles. The van der Waals surface area contributed by atoms with Crippen molar-refractivity contribution < 1.29 is 21.8 Å². The molecule has 0 unspecified atom stereocenters. The standard InChI is InChI=1S/C12H15FN2O4S2/c13-11-2-1-9(21(14,18)19)7-10(11)12(16)15-8-3-5-20(17)6-4-8/h1-2,7-8H,3-6H2,(H,15,16)(H2,14,18,19). The normalized spacial score (nSPS) is 22.8. The van der Waals surface area contributed by atoms with Crippen LogP contribution >= 0.6 is 0 Å². The van der Waals surface area contributed by atoms with E-state index in [1.54, 1.807) is 0 Å². The predicted octanol–water partition coefficient (Wildman–Crippen LogP) is 0.114. The number of hydrogen-bond donors (Lipinski definition) is 2. The maximum atomic E-state index is 13.7. The van der Waals surface area contributed by atoms with Gasteiger partial charge in [0.25, 0.3) is 5.91 Å². The van der Waals surface area contributed by atoms with Crippen LogP contribution in [0, 0.1) is 5.82 Å². The molecule has 1 aliphatic rings. The molecule has 0 bridgehead atoms. The molecule has 1 amide bonds. The average Bonchev–Trinajstić information content (AvgIpc) is 2.40. The van der Waals surface area contributed by atoms with E-state index >= 15 is 0 Å². The van der Waals surface area contributed by atoms with Gasteiger partial charge in [-0.25, -0.2) is 17.9 Å². The van der Waals surface area contributed by atoms with Gasteiger partial charge in [0.15, 0.2) is 0 Å². The van der Waals surface area contributed by atoms with E-state index in [-0.39, 0.29) is 16.5 Å². The number of nitrogens with two attached hydrogens (primary N) is 1.